The van der Waals surface area contributed by atoms with Gasteiger partial charge in [0.05, 0.1) is 16.7 Å². The summed E-state index contributed by atoms with van der Waals surface area (Å²) in [5.74, 6) is -0.388. The van der Waals surface area contributed by atoms with Crippen LogP contribution in [0.4, 0.5) is 0 Å². The second-order valence-corrected chi connectivity index (χ2v) is 4.26. The van der Waals surface area contributed by atoms with Crippen molar-refractivity contribution in [3.05, 3.63) is 28.8 Å². The highest BCUT2D eigenvalue weighted by Gasteiger charge is 2.21. The molecule has 0 aromatic heterocycles. The van der Waals surface area contributed by atoms with Crippen molar-refractivity contribution in [1.82, 2.24) is 4.90 Å². The molecule has 1 N–H and O–H groups in total. The number of aromatic hydroxyl groups is 1. The zero-order valence-electron chi connectivity index (χ0n) is 9.64. The van der Waals surface area contributed by atoms with Gasteiger partial charge >= 0.3 is 0 Å². The highest BCUT2D eigenvalue weighted by atomic mass is 35.5. The van der Waals surface area contributed by atoms with E-state index in [9.17, 15) is 9.90 Å². The standard InChI is InChI=1S/C12H13ClN2O2/c1-8(2)15(6-5-14)12(17)10-7-9(16)3-4-11(10)13/h3-4,7-8,16H,6H2,1-2H3. The topological polar surface area (TPSA) is 64.3 Å². The van der Waals surface area contributed by atoms with E-state index in [2.05, 4.69) is 0 Å². The molecule has 17 heavy (non-hydrogen) atoms. The van der Waals surface area contributed by atoms with Crippen LogP contribution in [0.25, 0.3) is 0 Å². The molecule has 0 saturated carbocycles. The number of carbonyl (C=O) groups is 1. The van der Waals surface area contributed by atoms with E-state index in [1.807, 2.05) is 19.9 Å². The quantitative estimate of drug-likeness (QED) is 0.841. The number of nitrogens with zero attached hydrogens (tertiary/aromatic N) is 2. The minimum atomic E-state index is -0.359. The van der Waals surface area contributed by atoms with Crippen molar-refractivity contribution in [2.45, 2.75) is 19.9 Å². The minimum absolute atomic E-state index is 0.0114. The van der Waals surface area contributed by atoms with Crippen LogP contribution in [0, 0.1) is 11.3 Å². The molecule has 1 aromatic carbocycles. The van der Waals surface area contributed by atoms with E-state index in [1.165, 1.54) is 23.1 Å². The largest absolute Gasteiger partial charge is 0.508 e. The summed E-state index contributed by atoms with van der Waals surface area (Å²) in [5, 5.41) is 18.3. The van der Waals surface area contributed by atoms with E-state index in [4.69, 9.17) is 16.9 Å². The Kier molecular flexibility index (Phi) is 4.36. The molecule has 0 aliphatic carbocycles. The van der Waals surface area contributed by atoms with Crippen molar-refractivity contribution >= 4 is 17.5 Å². The molecule has 1 aromatic rings. The summed E-state index contributed by atoms with van der Waals surface area (Å²) >= 11 is 5.90. The van der Waals surface area contributed by atoms with Gasteiger partial charge in [-0.05, 0) is 32.0 Å². The summed E-state index contributed by atoms with van der Waals surface area (Å²) in [5.41, 5.74) is 0.204. The number of rotatable bonds is 3. The average molecular weight is 253 g/mol. The molecule has 0 saturated heterocycles. The highest BCUT2D eigenvalue weighted by Crippen LogP contribution is 2.23. The van der Waals surface area contributed by atoms with Gasteiger partial charge in [-0.25, -0.2) is 0 Å². The Bertz CT molecular complexity index is 466. The van der Waals surface area contributed by atoms with Crippen molar-refractivity contribution in [2.24, 2.45) is 0 Å². The number of benzene rings is 1. The molecule has 0 heterocycles. The first-order chi connectivity index (χ1) is 7.97. The molecule has 90 valence electrons. The SMILES string of the molecule is CC(C)N(CC#N)C(=O)c1cc(O)ccc1Cl. The van der Waals surface area contributed by atoms with Gasteiger partial charge in [0.1, 0.15) is 12.3 Å². The normalized spacial score (nSPS) is 10.1. The Morgan fingerprint density at radius 3 is 2.76 bits per heavy atom. The molecule has 0 atom stereocenters. The van der Waals surface area contributed by atoms with E-state index in [0.717, 1.165) is 0 Å². The van der Waals surface area contributed by atoms with Crippen molar-refractivity contribution in [2.75, 3.05) is 6.54 Å². The number of phenols is 1. The Hall–Kier alpha value is -1.73. The number of hydrogen-bond donors (Lipinski definition) is 1. The maximum absolute atomic E-state index is 12.1. The Labute approximate surface area is 105 Å². The Morgan fingerprint density at radius 1 is 1.59 bits per heavy atom. The number of hydrogen-bond acceptors (Lipinski definition) is 3. The molecule has 0 bridgehead atoms. The smallest absolute Gasteiger partial charge is 0.256 e. The predicted molar refractivity (Wildman–Crippen MR) is 64.9 cm³/mol. The van der Waals surface area contributed by atoms with E-state index in [0.29, 0.717) is 0 Å². The molecule has 0 aliphatic rings. The lowest BCUT2D eigenvalue weighted by molar-refractivity contribution is 0.0731. The molecule has 1 amide bonds. The molecule has 0 aliphatic heterocycles. The molecular weight excluding hydrogens is 240 g/mol. The van der Waals surface area contributed by atoms with Gasteiger partial charge in [0.2, 0.25) is 0 Å². The van der Waals surface area contributed by atoms with Crippen LogP contribution in [-0.2, 0) is 0 Å². The zero-order chi connectivity index (χ0) is 13.0. The number of amides is 1. The van der Waals surface area contributed by atoms with Crippen LogP contribution >= 0.6 is 11.6 Å². The molecule has 0 spiro atoms. The van der Waals surface area contributed by atoms with Gasteiger partial charge < -0.3 is 10.0 Å². The first-order valence-electron chi connectivity index (χ1n) is 5.13. The van der Waals surface area contributed by atoms with Gasteiger partial charge in [-0.1, -0.05) is 11.6 Å². The van der Waals surface area contributed by atoms with Crippen molar-refractivity contribution < 1.29 is 9.90 Å². The fourth-order valence-electron chi connectivity index (χ4n) is 1.40. The van der Waals surface area contributed by atoms with Crippen molar-refractivity contribution in [3.8, 4) is 11.8 Å². The second kappa shape index (κ2) is 5.55. The van der Waals surface area contributed by atoms with Crippen LogP contribution < -0.4 is 0 Å². The fourth-order valence-corrected chi connectivity index (χ4v) is 1.60. The van der Waals surface area contributed by atoms with Gasteiger partial charge in [0, 0.05) is 6.04 Å². The molecule has 4 nitrogen and oxygen atoms in total. The number of carbonyl (C=O) groups excluding carboxylic acids is 1. The lowest BCUT2D eigenvalue weighted by atomic mass is 10.1. The lowest BCUT2D eigenvalue weighted by Crippen LogP contribution is -2.37. The molecule has 0 fully saturated rings. The summed E-state index contributed by atoms with van der Waals surface area (Å²) < 4.78 is 0. The summed E-state index contributed by atoms with van der Waals surface area (Å²) in [7, 11) is 0. The molecule has 5 heteroatoms. The van der Waals surface area contributed by atoms with Crippen LogP contribution in [0.3, 0.4) is 0 Å². The van der Waals surface area contributed by atoms with Gasteiger partial charge in [0.15, 0.2) is 0 Å². The third-order valence-corrected chi connectivity index (χ3v) is 2.64. The van der Waals surface area contributed by atoms with Crippen molar-refractivity contribution in [3.63, 3.8) is 0 Å². The summed E-state index contributed by atoms with van der Waals surface area (Å²) in [4.78, 5) is 13.5. The summed E-state index contributed by atoms with van der Waals surface area (Å²) in [6.07, 6.45) is 0. The summed E-state index contributed by atoms with van der Waals surface area (Å²) in [6, 6.07) is 5.99. The average Bonchev–Trinajstić information content (AvgIpc) is 2.28. The zero-order valence-corrected chi connectivity index (χ0v) is 10.4. The number of phenolic OH excluding ortho intramolecular Hbond substituents is 1. The molecular formula is C12H13ClN2O2. The minimum Gasteiger partial charge on any atom is -0.508 e. The Balaban J connectivity index is 3.10. The fraction of sp³-hybridized carbons (Fsp3) is 0.333. The van der Waals surface area contributed by atoms with E-state index < -0.39 is 0 Å². The van der Waals surface area contributed by atoms with E-state index in [-0.39, 0.29) is 34.8 Å². The lowest BCUT2D eigenvalue weighted by Gasteiger charge is -2.24. The van der Waals surface area contributed by atoms with Gasteiger partial charge in [-0.2, -0.15) is 5.26 Å². The Morgan fingerprint density at radius 2 is 2.24 bits per heavy atom. The van der Waals surface area contributed by atoms with Crippen LogP contribution in [-0.4, -0.2) is 28.5 Å². The summed E-state index contributed by atoms with van der Waals surface area (Å²) in [6.45, 7) is 3.61. The molecule has 1 rings (SSSR count). The van der Waals surface area contributed by atoms with Crippen LogP contribution in [0.2, 0.25) is 5.02 Å². The van der Waals surface area contributed by atoms with E-state index >= 15 is 0 Å². The van der Waals surface area contributed by atoms with Gasteiger partial charge in [0.25, 0.3) is 5.91 Å². The predicted octanol–water partition coefficient (Wildman–Crippen LogP) is 2.42. The maximum atomic E-state index is 12.1. The van der Waals surface area contributed by atoms with Crippen LogP contribution in [0.5, 0.6) is 5.75 Å². The number of halogens is 1. The second-order valence-electron chi connectivity index (χ2n) is 3.85. The number of nitriles is 1. The van der Waals surface area contributed by atoms with Crippen molar-refractivity contribution in [1.29, 1.82) is 5.26 Å². The third kappa shape index (κ3) is 3.11. The van der Waals surface area contributed by atoms with Crippen LogP contribution in [0.1, 0.15) is 24.2 Å². The monoisotopic (exact) mass is 252 g/mol. The third-order valence-electron chi connectivity index (χ3n) is 2.31. The van der Waals surface area contributed by atoms with Gasteiger partial charge in [-0.3, -0.25) is 4.79 Å². The van der Waals surface area contributed by atoms with Crippen LogP contribution in [0.15, 0.2) is 18.2 Å². The van der Waals surface area contributed by atoms with Gasteiger partial charge in [-0.15, -0.1) is 0 Å². The first kappa shape index (κ1) is 13.3. The van der Waals surface area contributed by atoms with E-state index in [1.54, 1.807) is 0 Å². The molecule has 0 unspecified atom stereocenters. The molecule has 0 radical (unpaired) electrons. The maximum Gasteiger partial charge on any atom is 0.256 e. The first-order valence-corrected chi connectivity index (χ1v) is 5.51. The highest BCUT2D eigenvalue weighted by molar-refractivity contribution is 6.33.